The van der Waals surface area contributed by atoms with E-state index in [0.29, 0.717) is 22.5 Å². The van der Waals surface area contributed by atoms with Crippen LogP contribution in [0.1, 0.15) is 13.7 Å². The summed E-state index contributed by atoms with van der Waals surface area (Å²) in [6, 6.07) is 26.3. The predicted octanol–water partition coefficient (Wildman–Crippen LogP) is 11.4. The highest BCUT2D eigenvalue weighted by molar-refractivity contribution is 6.13. The molecule has 7 aromatic carbocycles. The maximum absolute atomic E-state index is 9.69. The lowest BCUT2D eigenvalue weighted by Crippen LogP contribution is -1.93. The van der Waals surface area contributed by atoms with Gasteiger partial charge in [0.1, 0.15) is 11.2 Å². The lowest BCUT2D eigenvalue weighted by atomic mass is 10.0. The van der Waals surface area contributed by atoms with Crippen molar-refractivity contribution < 1.29 is 18.1 Å². The maximum Gasteiger partial charge on any atom is 0.137 e. The van der Waals surface area contributed by atoms with Gasteiger partial charge in [0.2, 0.25) is 0 Å². The molecule has 0 aliphatic rings. The minimum atomic E-state index is -0.219. The maximum atomic E-state index is 9.69. The number of fused-ring (bicyclic) bond motifs is 9. The molecular formula is C42H26N2O. The van der Waals surface area contributed by atoms with Crippen molar-refractivity contribution in [3.8, 4) is 22.5 Å². The first-order chi connectivity index (χ1) is 26.5. The van der Waals surface area contributed by atoms with E-state index in [4.69, 9.17) is 12.6 Å². The number of rotatable bonds is 3. The van der Waals surface area contributed by atoms with Crippen LogP contribution in [-0.2, 0) is 0 Å². The highest BCUT2D eigenvalue weighted by Crippen LogP contribution is 2.39. The Bertz CT molecular complexity index is 3330. The van der Waals surface area contributed by atoms with Crippen LogP contribution in [0.3, 0.4) is 0 Å². The lowest BCUT2D eigenvalue weighted by molar-refractivity contribution is 0.668. The van der Waals surface area contributed by atoms with Gasteiger partial charge in [-0.3, -0.25) is 0 Å². The Balaban J connectivity index is 1.32. The van der Waals surface area contributed by atoms with Gasteiger partial charge in [-0.05, 0) is 77.7 Å². The molecule has 3 heteroatoms. The van der Waals surface area contributed by atoms with Gasteiger partial charge in [-0.2, -0.15) is 0 Å². The van der Waals surface area contributed by atoms with Gasteiger partial charge >= 0.3 is 0 Å². The minimum Gasteiger partial charge on any atom is -0.456 e. The van der Waals surface area contributed by atoms with Crippen molar-refractivity contribution in [1.82, 2.24) is 9.13 Å². The standard InChI is InChI=1S/C42H26N2O/c1-2-10-29(11-3-1)43-37-15-7-4-12-31(37)35-24-27(18-22-39(35)43)28-19-23-40-36(25-28)32-13-5-8-16-38(32)44(40)30-20-21-34-33-14-6-9-17-41(33)45-42(34)26-30/h1-26H/i4D,5D,12D,13D,15D,16D,22D,23D,24D,25D. The quantitative estimate of drug-likeness (QED) is 0.203. The van der Waals surface area contributed by atoms with Crippen LogP contribution in [0.25, 0.3) is 88.1 Å². The lowest BCUT2D eigenvalue weighted by Gasteiger charge is -2.09. The van der Waals surface area contributed by atoms with Gasteiger partial charge in [0, 0.05) is 49.8 Å². The van der Waals surface area contributed by atoms with Crippen molar-refractivity contribution in [1.29, 1.82) is 0 Å². The molecule has 0 amide bonds. The summed E-state index contributed by atoms with van der Waals surface area (Å²) in [6.07, 6.45) is 0. The van der Waals surface area contributed by atoms with E-state index in [9.17, 15) is 5.48 Å². The number of para-hydroxylation sites is 4. The van der Waals surface area contributed by atoms with E-state index in [1.165, 1.54) is 24.3 Å². The molecule has 0 aliphatic heterocycles. The summed E-state index contributed by atoms with van der Waals surface area (Å²) in [5.41, 5.74) is 3.67. The third-order valence-electron chi connectivity index (χ3n) is 8.45. The van der Waals surface area contributed by atoms with Crippen LogP contribution in [0.5, 0.6) is 0 Å². The summed E-state index contributed by atoms with van der Waals surface area (Å²) in [6.45, 7) is 0. The van der Waals surface area contributed by atoms with Crippen molar-refractivity contribution >= 4 is 65.6 Å². The molecule has 45 heavy (non-hydrogen) atoms. The van der Waals surface area contributed by atoms with Crippen LogP contribution >= 0.6 is 0 Å². The van der Waals surface area contributed by atoms with Gasteiger partial charge in [0.05, 0.1) is 35.8 Å². The van der Waals surface area contributed by atoms with Crippen LogP contribution in [-0.4, -0.2) is 9.13 Å². The second-order valence-corrected chi connectivity index (χ2v) is 11.0. The topological polar surface area (TPSA) is 23.0 Å². The van der Waals surface area contributed by atoms with Gasteiger partial charge in [-0.25, -0.2) is 0 Å². The molecule has 10 rings (SSSR count). The molecule has 0 saturated carbocycles. The first kappa shape index (κ1) is 16.7. The Morgan fingerprint density at radius 3 is 1.69 bits per heavy atom. The van der Waals surface area contributed by atoms with E-state index in [-0.39, 0.29) is 115 Å². The van der Waals surface area contributed by atoms with Crippen LogP contribution in [0, 0.1) is 0 Å². The molecule has 0 radical (unpaired) electrons. The molecule has 10 aromatic rings. The Morgan fingerprint density at radius 2 is 1.00 bits per heavy atom. The number of aromatic nitrogens is 2. The fraction of sp³-hybridized carbons (Fsp3) is 0. The predicted molar refractivity (Wildman–Crippen MR) is 188 cm³/mol. The van der Waals surface area contributed by atoms with Crippen LogP contribution in [0.15, 0.2) is 162 Å². The van der Waals surface area contributed by atoms with E-state index in [1.54, 1.807) is 27.3 Å². The summed E-state index contributed by atoms with van der Waals surface area (Å²) < 4.78 is 100. The van der Waals surface area contributed by atoms with E-state index in [0.717, 1.165) is 10.8 Å². The second kappa shape index (κ2) is 9.22. The van der Waals surface area contributed by atoms with E-state index >= 15 is 0 Å². The average Bonchev–Trinajstić information content (AvgIpc) is 3.86. The third kappa shape index (κ3) is 3.52. The van der Waals surface area contributed by atoms with Crippen molar-refractivity contribution in [3.63, 3.8) is 0 Å². The number of hydrogen-bond acceptors (Lipinski definition) is 1. The number of nitrogens with zero attached hydrogens (tertiary/aromatic N) is 2. The molecule has 0 aliphatic carbocycles. The molecule has 3 heterocycles. The second-order valence-electron chi connectivity index (χ2n) is 11.0. The first-order valence-electron chi connectivity index (χ1n) is 19.5. The SMILES string of the molecule is [2H]c1cc([2H])c2c(c1[2H])c1c([2H])c(-c3cc([2H])c4c(c3[2H])c3c([2H])c([2H])cc([2H])c3n4-c3ccc4c(c3)oc3ccccc34)cc([2H])c1n2-c1ccccc1. The Morgan fingerprint density at radius 1 is 0.422 bits per heavy atom. The molecule has 0 bridgehead atoms. The van der Waals surface area contributed by atoms with Crippen molar-refractivity contribution in [2.24, 2.45) is 0 Å². The molecule has 0 saturated heterocycles. The van der Waals surface area contributed by atoms with Crippen LogP contribution < -0.4 is 0 Å². The molecule has 0 fully saturated rings. The summed E-state index contributed by atoms with van der Waals surface area (Å²) in [4.78, 5) is 0. The van der Waals surface area contributed by atoms with Crippen LogP contribution in [0.4, 0.5) is 0 Å². The molecule has 0 unspecified atom stereocenters. The summed E-state index contributed by atoms with van der Waals surface area (Å²) >= 11 is 0. The number of furan rings is 1. The normalized spacial score (nSPS) is 15.1. The monoisotopic (exact) mass is 584 g/mol. The highest BCUT2D eigenvalue weighted by atomic mass is 16.3. The fourth-order valence-electron chi connectivity index (χ4n) is 6.46. The molecule has 0 atom stereocenters. The van der Waals surface area contributed by atoms with Crippen molar-refractivity contribution in [2.75, 3.05) is 0 Å². The van der Waals surface area contributed by atoms with Crippen molar-refractivity contribution in [2.45, 2.75) is 0 Å². The van der Waals surface area contributed by atoms with E-state index < -0.39 is 0 Å². The fourth-order valence-corrected chi connectivity index (χ4v) is 6.46. The zero-order valence-electron chi connectivity index (χ0n) is 33.5. The van der Waals surface area contributed by atoms with Gasteiger partial charge in [0.25, 0.3) is 0 Å². The molecule has 3 nitrogen and oxygen atoms in total. The third-order valence-corrected chi connectivity index (χ3v) is 8.45. The Hall–Kier alpha value is -6.06. The first-order valence-corrected chi connectivity index (χ1v) is 14.5. The molecule has 3 aromatic heterocycles. The Kier molecular flexibility index (Phi) is 3.42. The number of hydrogen-bond donors (Lipinski definition) is 0. The smallest absolute Gasteiger partial charge is 0.137 e. The zero-order valence-corrected chi connectivity index (χ0v) is 23.5. The van der Waals surface area contributed by atoms with Gasteiger partial charge in [0.15, 0.2) is 0 Å². The largest absolute Gasteiger partial charge is 0.456 e. The van der Waals surface area contributed by atoms with Crippen molar-refractivity contribution in [3.05, 3.63) is 157 Å². The van der Waals surface area contributed by atoms with Gasteiger partial charge in [-0.15, -0.1) is 0 Å². The Labute approximate surface area is 272 Å². The van der Waals surface area contributed by atoms with Gasteiger partial charge in [-0.1, -0.05) is 84.8 Å². The molecular weight excluding hydrogens is 548 g/mol. The summed E-state index contributed by atoms with van der Waals surface area (Å²) in [5, 5.41) is 2.43. The summed E-state index contributed by atoms with van der Waals surface area (Å²) in [7, 11) is 0. The van der Waals surface area contributed by atoms with Crippen LogP contribution in [0.2, 0.25) is 0 Å². The van der Waals surface area contributed by atoms with E-state index in [2.05, 4.69) is 0 Å². The average molecular weight is 585 g/mol. The molecule has 210 valence electrons. The zero-order chi connectivity index (χ0) is 38.2. The minimum absolute atomic E-state index is 0.0403. The highest BCUT2D eigenvalue weighted by Gasteiger charge is 2.17. The number of benzene rings is 7. The van der Waals surface area contributed by atoms with E-state index in [1.807, 2.05) is 54.6 Å². The summed E-state index contributed by atoms with van der Waals surface area (Å²) in [5.74, 6) is 0. The molecule has 0 spiro atoms. The van der Waals surface area contributed by atoms with Gasteiger partial charge < -0.3 is 13.6 Å². The molecule has 0 N–H and O–H groups in total.